The molecule has 0 unspecified atom stereocenters. The fraction of sp³-hybridized carbons (Fsp3) is 0.583. The van der Waals surface area contributed by atoms with Crippen LogP contribution < -0.4 is 10.6 Å². The zero-order chi connectivity index (χ0) is 16.6. The van der Waals surface area contributed by atoms with Gasteiger partial charge < -0.3 is 20.5 Å². The third kappa shape index (κ3) is 2.61. The second-order valence-corrected chi connectivity index (χ2v) is 5.44. The van der Waals surface area contributed by atoms with Gasteiger partial charge in [0, 0.05) is 25.4 Å². The van der Waals surface area contributed by atoms with E-state index < -0.39 is 18.4 Å². The first-order valence-electron chi connectivity index (χ1n) is 7.03. The van der Waals surface area contributed by atoms with Crippen molar-refractivity contribution >= 4 is 22.9 Å². The van der Waals surface area contributed by atoms with Crippen molar-refractivity contribution in [3.8, 4) is 0 Å². The van der Waals surface area contributed by atoms with E-state index in [1.54, 1.807) is 15.8 Å². The average molecular weight is 319 g/mol. The fourth-order valence-corrected chi connectivity index (χ4v) is 2.68. The van der Waals surface area contributed by atoms with Gasteiger partial charge in [-0.05, 0) is 5.53 Å². The van der Waals surface area contributed by atoms with E-state index in [0.717, 1.165) is 0 Å². The molecule has 23 heavy (non-hydrogen) atoms. The summed E-state index contributed by atoms with van der Waals surface area (Å²) in [5.74, 6) is 0.737. The van der Waals surface area contributed by atoms with E-state index in [9.17, 15) is 5.11 Å². The predicted octanol–water partition coefficient (Wildman–Crippen LogP) is 0.433. The van der Waals surface area contributed by atoms with Crippen LogP contribution in [0.15, 0.2) is 11.4 Å². The number of nitrogens with two attached hydrogens (primary N) is 1. The summed E-state index contributed by atoms with van der Waals surface area (Å²) in [6.07, 6.45) is 1.00. The second-order valence-electron chi connectivity index (χ2n) is 5.44. The SMILES string of the molecule is CN(C)c1nc(N)nc2c1ncn2[C@H]1C[C@@H](N=[N+]=[N-])[C@@H](CO)O1. The van der Waals surface area contributed by atoms with Gasteiger partial charge in [-0.2, -0.15) is 9.97 Å². The van der Waals surface area contributed by atoms with Gasteiger partial charge in [-0.3, -0.25) is 4.57 Å². The summed E-state index contributed by atoms with van der Waals surface area (Å²) in [5.41, 5.74) is 15.5. The highest BCUT2D eigenvalue weighted by Crippen LogP contribution is 2.33. The van der Waals surface area contributed by atoms with E-state index >= 15 is 0 Å². The minimum absolute atomic E-state index is 0.131. The minimum Gasteiger partial charge on any atom is -0.394 e. The number of fused-ring (bicyclic) bond motifs is 1. The zero-order valence-electron chi connectivity index (χ0n) is 12.7. The van der Waals surface area contributed by atoms with Gasteiger partial charge in [0.05, 0.1) is 25.1 Å². The Bertz CT molecular complexity index is 767. The second kappa shape index (κ2) is 5.88. The molecule has 3 N–H and O–H groups in total. The molecule has 1 saturated heterocycles. The maximum Gasteiger partial charge on any atom is 0.224 e. The van der Waals surface area contributed by atoms with Crippen molar-refractivity contribution in [2.24, 2.45) is 5.11 Å². The summed E-state index contributed by atoms with van der Waals surface area (Å²) < 4.78 is 7.48. The van der Waals surface area contributed by atoms with E-state index in [1.807, 2.05) is 14.1 Å². The van der Waals surface area contributed by atoms with Gasteiger partial charge in [-0.1, -0.05) is 5.11 Å². The molecule has 0 saturated carbocycles. The van der Waals surface area contributed by atoms with E-state index in [1.165, 1.54) is 0 Å². The van der Waals surface area contributed by atoms with Gasteiger partial charge in [0.25, 0.3) is 0 Å². The number of hydrogen-bond donors (Lipinski definition) is 2. The summed E-state index contributed by atoms with van der Waals surface area (Å²) in [6, 6.07) is -0.444. The van der Waals surface area contributed by atoms with Gasteiger partial charge in [0.15, 0.2) is 17.0 Å². The molecule has 1 aliphatic heterocycles. The normalized spacial score (nSPS) is 23.9. The van der Waals surface area contributed by atoms with Crippen molar-refractivity contribution in [1.29, 1.82) is 0 Å². The summed E-state index contributed by atoms with van der Waals surface area (Å²) in [6.45, 7) is -0.229. The number of hydrogen-bond acceptors (Lipinski definition) is 8. The van der Waals surface area contributed by atoms with Crippen molar-refractivity contribution in [2.45, 2.75) is 24.8 Å². The topological polar surface area (TPSA) is 151 Å². The molecule has 0 spiro atoms. The highest BCUT2D eigenvalue weighted by Gasteiger charge is 2.36. The first-order chi connectivity index (χ1) is 11.0. The molecule has 1 aliphatic rings. The van der Waals surface area contributed by atoms with E-state index in [2.05, 4.69) is 25.0 Å². The number of azide groups is 1. The van der Waals surface area contributed by atoms with Crippen LogP contribution in [0.25, 0.3) is 21.6 Å². The molecule has 2 aromatic rings. The molecule has 3 rings (SSSR count). The molecule has 11 heteroatoms. The van der Waals surface area contributed by atoms with Crippen LogP contribution in [-0.4, -0.2) is 57.5 Å². The van der Waals surface area contributed by atoms with Crippen LogP contribution in [0.2, 0.25) is 0 Å². The lowest BCUT2D eigenvalue weighted by Crippen LogP contribution is -2.22. The van der Waals surface area contributed by atoms with E-state index in [4.69, 9.17) is 16.0 Å². The Morgan fingerprint density at radius 2 is 2.35 bits per heavy atom. The molecular formula is C12H17N9O2. The number of anilines is 2. The molecule has 3 heterocycles. The van der Waals surface area contributed by atoms with Gasteiger partial charge in [0.2, 0.25) is 5.95 Å². The van der Waals surface area contributed by atoms with Crippen LogP contribution in [0.1, 0.15) is 12.6 Å². The number of ether oxygens (including phenoxy) is 1. The molecule has 0 radical (unpaired) electrons. The third-order valence-corrected chi connectivity index (χ3v) is 3.74. The number of nitrogens with zero attached hydrogens (tertiary/aromatic N) is 8. The quantitative estimate of drug-likeness (QED) is 0.471. The smallest absolute Gasteiger partial charge is 0.224 e. The van der Waals surface area contributed by atoms with Gasteiger partial charge in [0.1, 0.15) is 6.23 Å². The number of aromatic nitrogens is 4. The lowest BCUT2D eigenvalue weighted by Gasteiger charge is -2.15. The number of aliphatic hydroxyl groups is 1. The Balaban J connectivity index is 2.03. The van der Waals surface area contributed by atoms with Crippen molar-refractivity contribution in [3.63, 3.8) is 0 Å². The highest BCUT2D eigenvalue weighted by atomic mass is 16.5. The van der Waals surface area contributed by atoms with Crippen molar-refractivity contribution in [3.05, 3.63) is 16.8 Å². The molecule has 0 bridgehead atoms. The highest BCUT2D eigenvalue weighted by molar-refractivity contribution is 5.84. The van der Waals surface area contributed by atoms with Gasteiger partial charge in [-0.25, -0.2) is 4.98 Å². The molecule has 0 aromatic carbocycles. The fourth-order valence-electron chi connectivity index (χ4n) is 2.68. The lowest BCUT2D eigenvalue weighted by atomic mass is 10.1. The van der Waals surface area contributed by atoms with Gasteiger partial charge >= 0.3 is 0 Å². The first-order valence-corrected chi connectivity index (χ1v) is 7.03. The lowest BCUT2D eigenvalue weighted by molar-refractivity contribution is -0.0232. The van der Waals surface area contributed by atoms with Crippen LogP contribution in [0.5, 0.6) is 0 Å². The molecule has 122 valence electrons. The van der Waals surface area contributed by atoms with Crippen LogP contribution in [0.4, 0.5) is 11.8 Å². The first kappa shape index (κ1) is 15.3. The van der Waals surface area contributed by atoms with Crippen molar-refractivity contribution < 1.29 is 9.84 Å². The Morgan fingerprint density at radius 3 is 3.00 bits per heavy atom. The number of imidazole rings is 1. The number of rotatable bonds is 4. The largest absolute Gasteiger partial charge is 0.394 e. The monoisotopic (exact) mass is 319 g/mol. The summed E-state index contributed by atoms with van der Waals surface area (Å²) in [5, 5.41) is 13.0. The van der Waals surface area contributed by atoms with Crippen molar-refractivity contribution in [1.82, 2.24) is 19.5 Å². The summed E-state index contributed by atoms with van der Waals surface area (Å²) in [7, 11) is 3.68. The maximum atomic E-state index is 9.37. The Kier molecular flexibility index (Phi) is 3.90. The van der Waals surface area contributed by atoms with E-state index in [0.29, 0.717) is 23.4 Å². The van der Waals surface area contributed by atoms with Gasteiger partial charge in [-0.15, -0.1) is 0 Å². The third-order valence-electron chi connectivity index (χ3n) is 3.74. The molecule has 2 aromatic heterocycles. The predicted molar refractivity (Wildman–Crippen MR) is 82.6 cm³/mol. The average Bonchev–Trinajstić information content (AvgIpc) is 3.10. The molecule has 11 nitrogen and oxygen atoms in total. The van der Waals surface area contributed by atoms with Crippen LogP contribution >= 0.6 is 0 Å². The van der Waals surface area contributed by atoms with Crippen molar-refractivity contribution in [2.75, 3.05) is 31.3 Å². The molecule has 0 aliphatic carbocycles. The number of nitrogen functional groups attached to an aromatic ring is 1. The minimum atomic E-state index is -0.555. The Hall–Kier alpha value is -2.62. The molecule has 0 amide bonds. The van der Waals surface area contributed by atoms with Crippen LogP contribution in [-0.2, 0) is 4.74 Å². The maximum absolute atomic E-state index is 9.37. The zero-order valence-corrected chi connectivity index (χ0v) is 12.7. The summed E-state index contributed by atoms with van der Waals surface area (Å²) in [4.78, 5) is 17.4. The van der Waals surface area contributed by atoms with Crippen LogP contribution in [0.3, 0.4) is 0 Å². The Morgan fingerprint density at radius 1 is 1.57 bits per heavy atom. The molecule has 1 fully saturated rings. The standard InChI is InChI=1S/C12H17N9O2/c1-20(2)10-9-11(17-12(13)16-10)21(5-15-9)8-3-6(18-19-14)7(4-22)23-8/h5-8,22H,3-4H2,1-2H3,(H2,13,16,17)/t6-,7-,8-/m1/s1. The summed E-state index contributed by atoms with van der Waals surface area (Å²) >= 11 is 0. The molecule has 3 atom stereocenters. The Labute approximate surface area is 131 Å². The number of aliphatic hydroxyl groups excluding tert-OH is 1. The van der Waals surface area contributed by atoms with Crippen LogP contribution in [0, 0.1) is 0 Å². The van der Waals surface area contributed by atoms with E-state index in [-0.39, 0.29) is 12.6 Å². The molecular weight excluding hydrogens is 302 g/mol.